The molecular weight excluding hydrogens is 344 g/mol. The molecule has 0 atom stereocenters. The van der Waals surface area contributed by atoms with Crippen LogP contribution in [-0.4, -0.2) is 45.2 Å². The number of para-hydroxylation sites is 1. The molecule has 27 heavy (non-hydrogen) atoms. The monoisotopic (exact) mass is 364 g/mol. The van der Waals surface area contributed by atoms with Gasteiger partial charge in [0.25, 0.3) is 5.91 Å². The zero-order valence-electron chi connectivity index (χ0n) is 14.8. The normalized spacial score (nSPS) is 14.3. The smallest absolute Gasteiger partial charge is 0.303 e. The Labute approximate surface area is 156 Å². The molecule has 1 saturated heterocycles. The number of rotatable bonds is 3. The van der Waals surface area contributed by atoms with Crippen LogP contribution in [0.2, 0.25) is 0 Å². The molecule has 0 saturated carbocycles. The number of amides is 2. The van der Waals surface area contributed by atoms with Crippen LogP contribution in [0.25, 0.3) is 10.9 Å². The highest BCUT2D eigenvalue weighted by atomic mass is 16.5. The quantitative estimate of drug-likeness (QED) is 0.552. The van der Waals surface area contributed by atoms with Crippen molar-refractivity contribution < 1.29 is 14.8 Å². The lowest BCUT2D eigenvalue weighted by atomic mass is 10.1. The van der Waals surface area contributed by atoms with E-state index in [4.69, 9.17) is 0 Å². The van der Waals surface area contributed by atoms with E-state index >= 15 is 0 Å². The average molecular weight is 364 g/mol. The van der Waals surface area contributed by atoms with Crippen LogP contribution in [-0.2, 0) is 0 Å². The second-order valence-corrected chi connectivity index (χ2v) is 6.64. The highest BCUT2D eigenvalue weighted by Gasteiger charge is 2.23. The summed E-state index contributed by atoms with van der Waals surface area (Å²) in [5, 5.41) is 18.2. The maximum absolute atomic E-state index is 12.8. The molecular formula is C20H20N4O3. The summed E-state index contributed by atoms with van der Waals surface area (Å²) in [5.41, 5.74) is 1.57. The van der Waals surface area contributed by atoms with E-state index in [1.165, 1.54) is 0 Å². The van der Waals surface area contributed by atoms with Gasteiger partial charge >= 0.3 is 5.91 Å². The van der Waals surface area contributed by atoms with E-state index in [9.17, 15) is 14.8 Å². The fourth-order valence-corrected chi connectivity index (χ4v) is 3.38. The summed E-state index contributed by atoms with van der Waals surface area (Å²) < 4.78 is 0. The first-order chi connectivity index (χ1) is 13.1. The lowest BCUT2D eigenvalue weighted by Crippen LogP contribution is -2.35. The van der Waals surface area contributed by atoms with Crippen molar-refractivity contribution >= 4 is 28.4 Å². The van der Waals surface area contributed by atoms with Crippen molar-refractivity contribution in [1.29, 1.82) is 0 Å². The van der Waals surface area contributed by atoms with Gasteiger partial charge in [0.1, 0.15) is 0 Å². The number of fused-ring (bicyclic) bond motifs is 1. The zero-order chi connectivity index (χ0) is 18.8. The number of H-pyrrole nitrogens is 1. The lowest BCUT2D eigenvalue weighted by molar-refractivity contribution is 0.0724. The molecule has 2 N–H and O–H groups in total. The van der Waals surface area contributed by atoms with E-state index < -0.39 is 5.91 Å². The number of nitrogens with zero attached hydrogens (tertiary/aromatic N) is 3. The first-order valence-electron chi connectivity index (χ1n) is 9.01. The molecule has 138 valence electrons. The summed E-state index contributed by atoms with van der Waals surface area (Å²) in [5.74, 6) is -0.699. The third-order valence-electron chi connectivity index (χ3n) is 4.85. The van der Waals surface area contributed by atoms with Crippen molar-refractivity contribution in [2.45, 2.75) is 19.3 Å². The van der Waals surface area contributed by atoms with Crippen LogP contribution in [0.1, 0.15) is 40.1 Å². The van der Waals surface area contributed by atoms with Gasteiger partial charge in [-0.2, -0.15) is 10.2 Å². The SMILES string of the molecule is O=C(c1ccc2[nH]nc(C(=O)N(O)c3ccccc3)c2c1)N1CCCCC1. The minimum atomic E-state index is -0.657. The molecule has 1 aliphatic rings. The predicted molar refractivity (Wildman–Crippen MR) is 101 cm³/mol. The summed E-state index contributed by atoms with van der Waals surface area (Å²) >= 11 is 0. The number of aromatic nitrogens is 2. The van der Waals surface area contributed by atoms with Gasteiger partial charge in [0.05, 0.1) is 11.2 Å². The number of aromatic amines is 1. The van der Waals surface area contributed by atoms with Gasteiger partial charge in [-0.25, -0.2) is 0 Å². The summed E-state index contributed by atoms with van der Waals surface area (Å²) in [7, 11) is 0. The molecule has 0 aliphatic carbocycles. The molecule has 2 heterocycles. The number of carbonyl (C=O) groups is 2. The Hall–Kier alpha value is -3.19. The van der Waals surface area contributed by atoms with Crippen molar-refractivity contribution in [1.82, 2.24) is 15.1 Å². The first-order valence-corrected chi connectivity index (χ1v) is 9.01. The van der Waals surface area contributed by atoms with E-state index in [0.29, 0.717) is 27.2 Å². The van der Waals surface area contributed by atoms with E-state index in [1.807, 2.05) is 4.90 Å². The van der Waals surface area contributed by atoms with Crippen molar-refractivity contribution in [3.05, 3.63) is 59.8 Å². The van der Waals surface area contributed by atoms with Crippen LogP contribution < -0.4 is 5.06 Å². The number of piperidine rings is 1. The first kappa shape index (κ1) is 17.2. The van der Waals surface area contributed by atoms with E-state index in [1.54, 1.807) is 48.5 Å². The van der Waals surface area contributed by atoms with Gasteiger partial charge in [0.2, 0.25) is 0 Å². The highest BCUT2D eigenvalue weighted by Crippen LogP contribution is 2.23. The van der Waals surface area contributed by atoms with Gasteiger partial charge in [-0.15, -0.1) is 0 Å². The van der Waals surface area contributed by atoms with Crippen LogP contribution in [0.4, 0.5) is 5.69 Å². The Bertz CT molecular complexity index is 977. The fourth-order valence-electron chi connectivity index (χ4n) is 3.38. The molecule has 0 radical (unpaired) electrons. The third kappa shape index (κ3) is 3.29. The van der Waals surface area contributed by atoms with Crippen molar-refractivity contribution in [2.75, 3.05) is 18.2 Å². The van der Waals surface area contributed by atoms with Crippen LogP contribution in [0, 0.1) is 0 Å². The Kier molecular flexibility index (Phi) is 4.60. The number of hydrogen-bond donors (Lipinski definition) is 2. The van der Waals surface area contributed by atoms with Gasteiger partial charge in [0, 0.05) is 24.0 Å². The van der Waals surface area contributed by atoms with Gasteiger partial charge < -0.3 is 4.90 Å². The summed E-state index contributed by atoms with van der Waals surface area (Å²) in [6, 6.07) is 13.6. The predicted octanol–water partition coefficient (Wildman–Crippen LogP) is 3.23. The fraction of sp³-hybridized carbons (Fsp3) is 0.250. The highest BCUT2D eigenvalue weighted by molar-refractivity contribution is 6.12. The van der Waals surface area contributed by atoms with Crippen LogP contribution in [0.3, 0.4) is 0 Å². The van der Waals surface area contributed by atoms with E-state index in [0.717, 1.165) is 32.4 Å². The Morgan fingerprint density at radius 2 is 1.78 bits per heavy atom. The van der Waals surface area contributed by atoms with Gasteiger partial charge in [-0.1, -0.05) is 18.2 Å². The molecule has 2 aromatic carbocycles. The maximum atomic E-state index is 12.8. The summed E-state index contributed by atoms with van der Waals surface area (Å²) in [6.07, 6.45) is 3.18. The second kappa shape index (κ2) is 7.20. The summed E-state index contributed by atoms with van der Waals surface area (Å²) in [6.45, 7) is 1.51. The van der Waals surface area contributed by atoms with Crippen LogP contribution in [0.15, 0.2) is 48.5 Å². The minimum absolute atomic E-state index is 0.0416. The molecule has 4 rings (SSSR count). The van der Waals surface area contributed by atoms with Crippen molar-refractivity contribution in [2.24, 2.45) is 0 Å². The number of nitrogens with one attached hydrogen (secondary N) is 1. The van der Waals surface area contributed by atoms with Gasteiger partial charge in [-0.05, 0) is 49.6 Å². The van der Waals surface area contributed by atoms with Crippen LogP contribution >= 0.6 is 0 Å². The van der Waals surface area contributed by atoms with Gasteiger partial charge in [0.15, 0.2) is 5.69 Å². The number of likely N-dealkylation sites (tertiary alicyclic amines) is 1. The number of hydrogen-bond acceptors (Lipinski definition) is 4. The third-order valence-corrected chi connectivity index (χ3v) is 4.85. The topological polar surface area (TPSA) is 89.5 Å². The molecule has 3 aromatic rings. The number of benzene rings is 2. The molecule has 0 unspecified atom stereocenters. The number of carbonyl (C=O) groups excluding carboxylic acids is 2. The van der Waals surface area contributed by atoms with Crippen molar-refractivity contribution in [3.63, 3.8) is 0 Å². The Balaban J connectivity index is 1.66. The van der Waals surface area contributed by atoms with Crippen LogP contribution in [0.5, 0.6) is 0 Å². The Morgan fingerprint density at radius 1 is 1.04 bits per heavy atom. The lowest BCUT2D eigenvalue weighted by Gasteiger charge is -2.26. The Morgan fingerprint density at radius 3 is 2.52 bits per heavy atom. The second-order valence-electron chi connectivity index (χ2n) is 6.64. The standard InChI is InChI=1S/C20H20N4O3/c25-19(23-11-5-2-6-12-23)14-9-10-17-16(13-14)18(22-21-17)20(26)24(27)15-7-3-1-4-8-15/h1,3-4,7-10,13,27H,2,5-6,11-12H2,(H,21,22). The molecule has 1 aliphatic heterocycles. The molecule has 0 bridgehead atoms. The van der Waals surface area contributed by atoms with E-state index in [-0.39, 0.29) is 11.6 Å². The molecule has 7 heteroatoms. The molecule has 0 spiro atoms. The number of anilines is 1. The molecule has 1 aromatic heterocycles. The maximum Gasteiger partial charge on any atom is 0.303 e. The summed E-state index contributed by atoms with van der Waals surface area (Å²) in [4.78, 5) is 27.3. The zero-order valence-corrected chi connectivity index (χ0v) is 14.8. The average Bonchev–Trinajstić information content (AvgIpc) is 3.16. The number of hydroxylamine groups is 1. The van der Waals surface area contributed by atoms with Crippen molar-refractivity contribution in [3.8, 4) is 0 Å². The molecule has 1 fully saturated rings. The molecule has 7 nitrogen and oxygen atoms in total. The van der Waals surface area contributed by atoms with E-state index in [2.05, 4.69) is 10.2 Å². The minimum Gasteiger partial charge on any atom is -0.339 e. The van der Waals surface area contributed by atoms with Gasteiger partial charge in [-0.3, -0.25) is 19.9 Å². The largest absolute Gasteiger partial charge is 0.339 e. The molecule has 2 amide bonds.